The normalized spacial score (nSPS) is 11.4. The van der Waals surface area contributed by atoms with Crippen LogP contribution in [-0.2, 0) is 14.8 Å². The number of carbonyl (C=O) groups excluding carboxylic acids is 1. The van der Waals surface area contributed by atoms with Gasteiger partial charge in [0.15, 0.2) is 0 Å². The van der Waals surface area contributed by atoms with Crippen LogP contribution in [0.3, 0.4) is 0 Å². The van der Waals surface area contributed by atoms with Gasteiger partial charge in [-0.25, -0.2) is 12.7 Å². The lowest BCUT2D eigenvalue weighted by atomic mass is 10.2. The quantitative estimate of drug-likeness (QED) is 0.776. The third-order valence-electron chi connectivity index (χ3n) is 3.07. The summed E-state index contributed by atoms with van der Waals surface area (Å²) < 4.78 is 25.6. The summed E-state index contributed by atoms with van der Waals surface area (Å²) in [5.41, 5.74) is 1.34. The molecule has 0 saturated heterocycles. The molecule has 0 fully saturated rings. The van der Waals surface area contributed by atoms with Crippen molar-refractivity contribution in [1.82, 2.24) is 9.21 Å². The highest BCUT2D eigenvalue weighted by molar-refractivity contribution is 7.89. The Labute approximate surface area is 132 Å². The molecule has 22 heavy (non-hydrogen) atoms. The summed E-state index contributed by atoms with van der Waals surface area (Å²) in [5.74, 6) is -0.0941. The largest absolute Gasteiger partial charge is 0.384 e. The molecule has 1 amide bonds. The van der Waals surface area contributed by atoms with Gasteiger partial charge in [0.05, 0.1) is 22.8 Å². The van der Waals surface area contributed by atoms with Crippen molar-refractivity contribution < 1.29 is 13.2 Å². The second-order valence-corrected chi connectivity index (χ2v) is 7.32. The van der Waals surface area contributed by atoms with Gasteiger partial charge in [0.1, 0.15) is 0 Å². The second-order valence-electron chi connectivity index (χ2n) is 5.17. The van der Waals surface area contributed by atoms with Gasteiger partial charge in [0, 0.05) is 34.7 Å². The number of rotatable bonds is 7. The van der Waals surface area contributed by atoms with Crippen LogP contribution in [-0.4, -0.2) is 64.8 Å². The summed E-state index contributed by atoms with van der Waals surface area (Å²) in [7, 11) is 2.79. The molecule has 0 aliphatic carbocycles. The fourth-order valence-corrected chi connectivity index (χ4v) is 2.64. The Kier molecular flexibility index (Phi) is 6.19. The molecule has 0 spiro atoms. The Bertz CT molecular complexity index is 627. The number of benzene rings is 1. The predicted octanol–water partition coefficient (Wildman–Crippen LogP) is 0.869. The number of hydrogen-bond acceptors (Lipinski definition) is 5. The van der Waals surface area contributed by atoms with E-state index in [-0.39, 0.29) is 17.3 Å². The van der Waals surface area contributed by atoms with Crippen LogP contribution in [0.5, 0.6) is 0 Å². The molecular formula is C14H24N4O3S. The fraction of sp³-hybridized carbons (Fsp3) is 0.500. The second kappa shape index (κ2) is 7.46. The van der Waals surface area contributed by atoms with E-state index in [9.17, 15) is 13.2 Å². The number of amides is 1. The standard InChI is InChI=1S/C14H24N4O3S/c1-6-15-12-8-7-11(22(20,21)18(4)5)9-13(12)16-10-14(19)17(2)3/h7-9,15-16H,6,10H2,1-5H3. The van der Waals surface area contributed by atoms with Crippen molar-refractivity contribution >= 4 is 27.3 Å². The highest BCUT2D eigenvalue weighted by Gasteiger charge is 2.19. The van der Waals surface area contributed by atoms with E-state index in [0.29, 0.717) is 12.2 Å². The topological polar surface area (TPSA) is 81.8 Å². The highest BCUT2D eigenvalue weighted by atomic mass is 32.2. The average molecular weight is 328 g/mol. The van der Waals surface area contributed by atoms with Crippen molar-refractivity contribution in [1.29, 1.82) is 0 Å². The molecule has 1 aromatic carbocycles. The van der Waals surface area contributed by atoms with Gasteiger partial charge in [-0.2, -0.15) is 0 Å². The van der Waals surface area contributed by atoms with Crippen LogP contribution in [0.4, 0.5) is 11.4 Å². The molecule has 0 heterocycles. The van der Waals surface area contributed by atoms with Crippen molar-refractivity contribution in [2.45, 2.75) is 11.8 Å². The molecule has 0 aromatic heterocycles. The third-order valence-corrected chi connectivity index (χ3v) is 4.88. The fourth-order valence-electron chi connectivity index (χ4n) is 1.71. The van der Waals surface area contributed by atoms with E-state index in [0.717, 1.165) is 9.99 Å². The zero-order valence-electron chi connectivity index (χ0n) is 13.7. The van der Waals surface area contributed by atoms with Gasteiger partial charge < -0.3 is 15.5 Å². The van der Waals surface area contributed by atoms with Gasteiger partial charge >= 0.3 is 0 Å². The minimum atomic E-state index is -3.52. The molecule has 0 saturated carbocycles. The first-order chi connectivity index (χ1) is 10.2. The first-order valence-electron chi connectivity index (χ1n) is 6.94. The van der Waals surface area contributed by atoms with Crippen LogP contribution in [0, 0.1) is 0 Å². The van der Waals surface area contributed by atoms with Gasteiger partial charge in [0.2, 0.25) is 15.9 Å². The van der Waals surface area contributed by atoms with E-state index in [4.69, 9.17) is 0 Å². The lowest BCUT2D eigenvalue weighted by Gasteiger charge is -2.17. The Balaban J connectivity index is 3.13. The number of likely N-dealkylation sites (N-methyl/N-ethyl adjacent to an activating group) is 1. The summed E-state index contributed by atoms with van der Waals surface area (Å²) in [6.45, 7) is 2.73. The van der Waals surface area contributed by atoms with Crippen molar-refractivity contribution in [2.75, 3.05) is 51.9 Å². The number of carbonyl (C=O) groups is 1. The molecule has 124 valence electrons. The highest BCUT2D eigenvalue weighted by Crippen LogP contribution is 2.26. The van der Waals surface area contributed by atoms with E-state index >= 15 is 0 Å². The van der Waals surface area contributed by atoms with Gasteiger partial charge in [-0.1, -0.05) is 0 Å². The molecule has 0 radical (unpaired) electrons. The average Bonchev–Trinajstić information content (AvgIpc) is 2.45. The lowest BCUT2D eigenvalue weighted by molar-refractivity contribution is -0.126. The molecule has 1 aromatic rings. The third kappa shape index (κ3) is 4.35. The number of hydrogen-bond donors (Lipinski definition) is 2. The number of anilines is 2. The zero-order valence-corrected chi connectivity index (χ0v) is 14.5. The van der Waals surface area contributed by atoms with Crippen molar-refractivity contribution in [3.63, 3.8) is 0 Å². The summed E-state index contributed by atoms with van der Waals surface area (Å²) in [6, 6.07) is 4.78. The van der Waals surface area contributed by atoms with Crippen molar-refractivity contribution in [3.8, 4) is 0 Å². The monoisotopic (exact) mass is 328 g/mol. The Morgan fingerprint density at radius 1 is 1.09 bits per heavy atom. The number of nitrogens with zero attached hydrogens (tertiary/aromatic N) is 2. The summed E-state index contributed by atoms with van der Waals surface area (Å²) in [5, 5.41) is 6.14. The first-order valence-corrected chi connectivity index (χ1v) is 8.38. The molecule has 7 nitrogen and oxygen atoms in total. The van der Waals surface area contributed by atoms with Crippen molar-refractivity contribution in [2.24, 2.45) is 0 Å². The molecule has 0 aliphatic rings. The Morgan fingerprint density at radius 2 is 1.73 bits per heavy atom. The lowest BCUT2D eigenvalue weighted by Crippen LogP contribution is -2.29. The van der Waals surface area contributed by atoms with Gasteiger partial charge in [0.25, 0.3) is 0 Å². The van der Waals surface area contributed by atoms with E-state index in [2.05, 4.69) is 10.6 Å². The predicted molar refractivity (Wildman–Crippen MR) is 88.7 cm³/mol. The molecular weight excluding hydrogens is 304 g/mol. The SMILES string of the molecule is CCNc1ccc(S(=O)(=O)N(C)C)cc1NCC(=O)N(C)C. The Hall–Kier alpha value is -1.80. The first kappa shape index (κ1) is 18.2. The number of nitrogens with one attached hydrogen (secondary N) is 2. The van der Waals surface area contributed by atoms with Crippen LogP contribution in [0.1, 0.15) is 6.92 Å². The summed E-state index contributed by atoms with van der Waals surface area (Å²) >= 11 is 0. The summed E-state index contributed by atoms with van der Waals surface area (Å²) in [4.78, 5) is 13.3. The van der Waals surface area contributed by atoms with Gasteiger partial charge in [-0.15, -0.1) is 0 Å². The van der Waals surface area contributed by atoms with Crippen LogP contribution in [0.2, 0.25) is 0 Å². The van der Waals surface area contributed by atoms with E-state index in [1.54, 1.807) is 26.2 Å². The van der Waals surface area contributed by atoms with E-state index < -0.39 is 10.0 Å². The van der Waals surface area contributed by atoms with E-state index in [1.807, 2.05) is 6.92 Å². The smallest absolute Gasteiger partial charge is 0.242 e. The molecule has 0 unspecified atom stereocenters. The zero-order chi connectivity index (χ0) is 16.9. The molecule has 0 atom stereocenters. The van der Waals surface area contributed by atoms with E-state index in [1.165, 1.54) is 25.1 Å². The Morgan fingerprint density at radius 3 is 2.23 bits per heavy atom. The minimum absolute atomic E-state index is 0.0941. The van der Waals surface area contributed by atoms with Crippen LogP contribution < -0.4 is 10.6 Å². The molecule has 0 aliphatic heterocycles. The molecule has 8 heteroatoms. The van der Waals surface area contributed by atoms with Crippen LogP contribution in [0.15, 0.2) is 23.1 Å². The maximum atomic E-state index is 12.2. The van der Waals surface area contributed by atoms with Crippen LogP contribution >= 0.6 is 0 Å². The molecule has 0 bridgehead atoms. The summed E-state index contributed by atoms with van der Waals surface area (Å²) in [6.07, 6.45) is 0. The molecule has 2 N–H and O–H groups in total. The van der Waals surface area contributed by atoms with Crippen molar-refractivity contribution in [3.05, 3.63) is 18.2 Å². The van der Waals surface area contributed by atoms with Gasteiger partial charge in [-0.05, 0) is 25.1 Å². The maximum Gasteiger partial charge on any atom is 0.242 e. The minimum Gasteiger partial charge on any atom is -0.384 e. The van der Waals surface area contributed by atoms with Crippen LogP contribution in [0.25, 0.3) is 0 Å². The maximum absolute atomic E-state index is 12.2. The molecule has 1 rings (SSSR count). The number of sulfonamides is 1. The van der Waals surface area contributed by atoms with Gasteiger partial charge in [-0.3, -0.25) is 4.79 Å².